The fourth-order valence-electron chi connectivity index (χ4n) is 2.77. The molecule has 1 aliphatic heterocycles. The van der Waals surface area contributed by atoms with Crippen LogP contribution in [0.1, 0.15) is 32.6 Å². The van der Waals surface area contributed by atoms with Crippen LogP contribution in [0.2, 0.25) is 0 Å². The Bertz CT molecular complexity index is 559. The highest BCUT2D eigenvalue weighted by molar-refractivity contribution is 8.76. The summed E-state index contributed by atoms with van der Waals surface area (Å²) in [7, 11) is 3.26. The molecule has 144 valence electrons. The first-order valence-corrected chi connectivity index (χ1v) is 11.4. The third kappa shape index (κ3) is 8.42. The van der Waals surface area contributed by atoms with E-state index in [1.54, 1.807) is 27.8 Å². The first-order valence-electron chi connectivity index (χ1n) is 9.13. The van der Waals surface area contributed by atoms with Gasteiger partial charge in [-0.2, -0.15) is 0 Å². The summed E-state index contributed by atoms with van der Waals surface area (Å²) in [5.41, 5.74) is 0. The summed E-state index contributed by atoms with van der Waals surface area (Å²) in [4.78, 5) is 30.2. The van der Waals surface area contributed by atoms with Gasteiger partial charge in [-0.25, -0.2) is 4.98 Å². The van der Waals surface area contributed by atoms with E-state index >= 15 is 0 Å². The highest BCUT2D eigenvalue weighted by Crippen LogP contribution is 2.28. The Hall–Kier alpha value is -1.25. The summed E-state index contributed by atoms with van der Waals surface area (Å²) in [6.07, 6.45) is 5.66. The fourth-order valence-corrected chi connectivity index (χ4v) is 4.55. The quantitative estimate of drug-likeness (QED) is 0.272. The molecule has 0 radical (unpaired) electrons. The third-order valence-electron chi connectivity index (χ3n) is 4.25. The van der Waals surface area contributed by atoms with E-state index < -0.39 is 0 Å². The molecule has 0 spiro atoms. The summed E-state index contributed by atoms with van der Waals surface area (Å²) in [5.74, 6) is 0.792. The number of pyridine rings is 1. The van der Waals surface area contributed by atoms with Gasteiger partial charge in [-0.15, -0.1) is 0 Å². The predicted octanol–water partition coefficient (Wildman–Crippen LogP) is 2.32. The van der Waals surface area contributed by atoms with Gasteiger partial charge in [-0.3, -0.25) is 14.5 Å². The van der Waals surface area contributed by atoms with Gasteiger partial charge in [0, 0.05) is 37.5 Å². The van der Waals surface area contributed by atoms with E-state index in [0.717, 1.165) is 30.2 Å². The van der Waals surface area contributed by atoms with E-state index in [4.69, 9.17) is 0 Å². The van der Waals surface area contributed by atoms with Crippen LogP contribution < -0.4 is 10.6 Å². The molecule has 0 saturated carbocycles. The third-order valence-corrected chi connectivity index (χ3v) is 6.52. The molecule has 0 unspecified atom stereocenters. The van der Waals surface area contributed by atoms with Gasteiger partial charge in [-0.1, -0.05) is 23.3 Å². The number of likely N-dealkylation sites (tertiary alicyclic amines) is 1. The van der Waals surface area contributed by atoms with E-state index in [2.05, 4.69) is 27.4 Å². The van der Waals surface area contributed by atoms with Crippen LogP contribution in [0.5, 0.6) is 0 Å². The number of amides is 2. The molecule has 0 aromatic carbocycles. The van der Waals surface area contributed by atoms with Gasteiger partial charge in [0.2, 0.25) is 11.8 Å². The number of hydrogen-bond donors (Lipinski definition) is 2. The summed E-state index contributed by atoms with van der Waals surface area (Å²) in [5, 5.41) is 6.69. The van der Waals surface area contributed by atoms with Crippen molar-refractivity contribution in [2.24, 2.45) is 0 Å². The lowest BCUT2D eigenvalue weighted by Crippen LogP contribution is -2.44. The molecule has 1 saturated heterocycles. The SMILES string of the molecule is [13CH3][13C@H]1CCC[13CH2]N1CC(=O)[15NH]CCC(=O)NCCSSc1ccccn1. The lowest BCUT2D eigenvalue weighted by molar-refractivity contribution is -0.123. The van der Waals surface area contributed by atoms with Crippen LogP contribution in [0.25, 0.3) is 0 Å². The van der Waals surface area contributed by atoms with Gasteiger partial charge < -0.3 is 10.6 Å². The Kier molecular flexibility index (Phi) is 9.87. The maximum Gasteiger partial charge on any atom is 0.234 e. The van der Waals surface area contributed by atoms with Crippen molar-refractivity contribution in [3.63, 3.8) is 0 Å². The van der Waals surface area contributed by atoms with E-state index in [1.807, 2.05) is 18.2 Å². The molecule has 6 nitrogen and oxygen atoms in total. The maximum atomic E-state index is 12.0. The number of piperidine rings is 1. The molecule has 2 amide bonds. The van der Waals surface area contributed by atoms with Crippen LogP contribution in [0.15, 0.2) is 29.4 Å². The first-order chi connectivity index (χ1) is 12.6. The van der Waals surface area contributed by atoms with Crippen molar-refractivity contribution in [2.45, 2.75) is 43.7 Å². The van der Waals surface area contributed by atoms with E-state index in [1.165, 1.54) is 6.42 Å². The minimum atomic E-state index is -0.0277. The summed E-state index contributed by atoms with van der Waals surface area (Å²) in [6, 6.07) is 6.28. The molecule has 2 N–H and O–H groups in total. The Morgan fingerprint density at radius 2 is 2.08 bits per heavy atom. The minimum Gasteiger partial charge on any atom is -0.355 e. The molecule has 1 aromatic heterocycles. The zero-order chi connectivity index (χ0) is 18.6. The highest BCUT2D eigenvalue weighted by atomic mass is 33.1. The van der Waals surface area contributed by atoms with Crippen molar-refractivity contribution < 1.29 is 9.59 Å². The maximum absolute atomic E-state index is 12.0. The summed E-state index contributed by atoms with van der Waals surface area (Å²) in [6.45, 7) is 4.60. The number of nitrogens with one attached hydrogen (secondary N) is 2. The Morgan fingerprint density at radius 1 is 1.23 bits per heavy atom. The molecule has 2 rings (SSSR count). The van der Waals surface area contributed by atoms with Crippen LogP contribution in [-0.2, 0) is 9.59 Å². The molecule has 26 heavy (non-hydrogen) atoms. The Morgan fingerprint density at radius 3 is 2.85 bits per heavy atom. The number of nitrogens with zero attached hydrogens (tertiary/aromatic N) is 2. The lowest BCUT2D eigenvalue weighted by Gasteiger charge is -2.32. The van der Waals surface area contributed by atoms with E-state index in [0.29, 0.717) is 32.1 Å². The van der Waals surface area contributed by atoms with Gasteiger partial charge >= 0.3 is 0 Å². The van der Waals surface area contributed by atoms with Crippen LogP contribution in [0, 0.1) is 0 Å². The van der Waals surface area contributed by atoms with Gasteiger partial charge in [0.05, 0.1) is 6.54 Å². The standard InChI is InChI=1S/C18H28N4O2S2/c1-15-6-3-5-12-22(15)14-17(24)19-10-8-16(23)20-11-13-25-26-18-7-2-4-9-21-18/h2,4,7,9,15H,3,5-6,8,10-14H2,1H3,(H,19,24)(H,20,23)/t15-/m0/s1/i1+1,12+1,15+1,19+1. The fraction of sp³-hybridized carbons (Fsp3) is 0.611. The molecule has 8 heteroatoms. The minimum absolute atomic E-state index is 0.00821. The van der Waals surface area contributed by atoms with E-state index in [-0.39, 0.29) is 11.8 Å². The predicted molar refractivity (Wildman–Crippen MR) is 108 cm³/mol. The molecular formula is C18H28N4O2S2. The number of carbonyl (C=O) groups excluding carboxylic acids is 2. The topological polar surface area (TPSA) is 74.3 Å². The molecule has 1 aromatic rings. The van der Waals surface area contributed by atoms with Crippen molar-refractivity contribution in [3.05, 3.63) is 24.4 Å². The number of aromatic nitrogens is 1. The van der Waals surface area contributed by atoms with Crippen molar-refractivity contribution in [1.82, 2.24) is 20.5 Å². The van der Waals surface area contributed by atoms with Gasteiger partial charge in [0.25, 0.3) is 0 Å². The van der Waals surface area contributed by atoms with Crippen LogP contribution in [0.4, 0.5) is 0 Å². The summed E-state index contributed by atoms with van der Waals surface area (Å²) < 4.78 is 0. The van der Waals surface area contributed by atoms with Gasteiger partial charge in [-0.05, 0) is 49.2 Å². The van der Waals surface area contributed by atoms with Crippen molar-refractivity contribution in [1.29, 1.82) is 0 Å². The van der Waals surface area contributed by atoms with Gasteiger partial charge in [0.1, 0.15) is 5.03 Å². The van der Waals surface area contributed by atoms with Crippen molar-refractivity contribution in [2.75, 3.05) is 31.9 Å². The largest absolute Gasteiger partial charge is 0.355 e. The van der Waals surface area contributed by atoms with E-state index in [9.17, 15) is 9.59 Å². The monoisotopic (exact) mass is 400 g/mol. The molecule has 2 heterocycles. The molecule has 0 aliphatic carbocycles. The second-order valence-electron chi connectivity index (χ2n) is 6.34. The molecule has 1 fully saturated rings. The smallest absolute Gasteiger partial charge is 0.234 e. The average Bonchev–Trinajstić information content (AvgIpc) is 2.64. The van der Waals surface area contributed by atoms with Crippen molar-refractivity contribution >= 4 is 33.4 Å². The molecule has 1 atom stereocenters. The highest BCUT2D eigenvalue weighted by Gasteiger charge is 2.20. The zero-order valence-corrected chi connectivity index (χ0v) is 16.9. The first kappa shape index (κ1) is 21.1. The molecule has 0 bridgehead atoms. The normalized spacial score (nSPS) is 17.7. The number of hydrogen-bond acceptors (Lipinski definition) is 6. The Labute approximate surface area is 163 Å². The van der Waals surface area contributed by atoms with Crippen molar-refractivity contribution in [3.8, 4) is 0 Å². The lowest BCUT2D eigenvalue weighted by atomic mass is 10.3. The van der Waals surface area contributed by atoms with Crippen LogP contribution >= 0.6 is 21.6 Å². The van der Waals surface area contributed by atoms with Crippen LogP contribution in [-0.4, -0.2) is 59.7 Å². The number of rotatable bonds is 10. The average molecular weight is 401 g/mol. The second kappa shape index (κ2) is 12.2. The van der Waals surface area contributed by atoms with Crippen LogP contribution in [0.3, 0.4) is 0 Å². The van der Waals surface area contributed by atoms with Gasteiger partial charge in [0.15, 0.2) is 0 Å². The number of carbonyl (C=O) groups is 2. The zero-order valence-electron chi connectivity index (χ0n) is 15.3. The molecular weight excluding hydrogens is 372 g/mol. The second-order valence-corrected chi connectivity index (χ2v) is 8.77. The Balaban J connectivity index is 1.47. The molecule has 1 aliphatic rings. The summed E-state index contributed by atoms with van der Waals surface area (Å²) >= 11 is 0.